The summed E-state index contributed by atoms with van der Waals surface area (Å²) in [6.07, 6.45) is 3.17. The highest BCUT2D eigenvalue weighted by Gasteiger charge is 2.31. The Morgan fingerprint density at radius 1 is 1.55 bits per heavy atom. The van der Waals surface area contributed by atoms with Crippen molar-refractivity contribution >= 4 is 17.5 Å². The molecule has 0 aromatic carbocycles. The summed E-state index contributed by atoms with van der Waals surface area (Å²) in [7, 11) is 0. The molecule has 0 radical (unpaired) electrons. The van der Waals surface area contributed by atoms with Gasteiger partial charge in [-0.05, 0) is 18.3 Å². The van der Waals surface area contributed by atoms with Gasteiger partial charge in [0.05, 0.1) is 10.5 Å². The molecular formula is C13H17N3O4. The first-order valence-corrected chi connectivity index (χ1v) is 6.43. The molecule has 20 heavy (non-hydrogen) atoms. The van der Waals surface area contributed by atoms with Crippen molar-refractivity contribution in [1.29, 1.82) is 0 Å². The smallest absolute Gasteiger partial charge is 0.337 e. The van der Waals surface area contributed by atoms with E-state index in [1.54, 1.807) is 0 Å². The van der Waals surface area contributed by atoms with Gasteiger partial charge in [0.15, 0.2) is 0 Å². The molecule has 2 rings (SSSR count). The number of carbonyl (C=O) groups is 1. The average molecular weight is 279 g/mol. The van der Waals surface area contributed by atoms with E-state index >= 15 is 0 Å². The number of piperidine rings is 1. The Morgan fingerprint density at radius 3 is 2.80 bits per heavy atom. The number of aromatic carboxylic acids is 1. The normalized spacial score (nSPS) is 17.8. The topological polar surface area (TPSA) is 96.6 Å². The molecular weight excluding hydrogens is 262 g/mol. The van der Waals surface area contributed by atoms with Crippen LogP contribution in [0.2, 0.25) is 0 Å². The van der Waals surface area contributed by atoms with Gasteiger partial charge >= 0.3 is 11.7 Å². The molecule has 1 aromatic rings. The first-order chi connectivity index (χ1) is 9.30. The molecule has 1 fully saturated rings. The van der Waals surface area contributed by atoms with E-state index in [1.165, 1.54) is 6.20 Å². The third-order valence-corrected chi connectivity index (χ3v) is 3.49. The monoisotopic (exact) mass is 279 g/mol. The second kappa shape index (κ2) is 5.07. The molecule has 1 aromatic heterocycles. The fourth-order valence-corrected chi connectivity index (χ4v) is 2.54. The third kappa shape index (κ3) is 2.87. The zero-order valence-electron chi connectivity index (χ0n) is 11.5. The molecule has 2 heterocycles. The van der Waals surface area contributed by atoms with Crippen LogP contribution in [0.1, 0.15) is 37.0 Å². The maximum atomic E-state index is 11.1. The van der Waals surface area contributed by atoms with Crippen LogP contribution in [0.25, 0.3) is 0 Å². The van der Waals surface area contributed by atoms with Gasteiger partial charge in [-0.2, -0.15) is 0 Å². The minimum absolute atomic E-state index is 0.0687. The number of carboxylic acids is 1. The van der Waals surface area contributed by atoms with Crippen molar-refractivity contribution < 1.29 is 14.8 Å². The highest BCUT2D eigenvalue weighted by atomic mass is 16.6. The standard InChI is InChI=1S/C13H17N3O4/c1-13(2)4-3-5-15(8-13)11-10(16(19)20)6-9(7-14-11)12(17)18/h6-7H,3-5,8H2,1-2H3,(H,17,18). The molecule has 108 valence electrons. The van der Waals surface area contributed by atoms with Crippen LogP contribution in [0.5, 0.6) is 0 Å². The number of aromatic nitrogens is 1. The molecule has 0 atom stereocenters. The number of hydrogen-bond acceptors (Lipinski definition) is 5. The summed E-state index contributed by atoms with van der Waals surface area (Å²) in [4.78, 5) is 27.3. The molecule has 0 unspecified atom stereocenters. The first-order valence-electron chi connectivity index (χ1n) is 6.43. The quantitative estimate of drug-likeness (QED) is 0.673. The van der Waals surface area contributed by atoms with Gasteiger partial charge in [-0.1, -0.05) is 13.8 Å². The molecule has 0 saturated carbocycles. The Morgan fingerprint density at radius 2 is 2.25 bits per heavy atom. The number of anilines is 1. The summed E-state index contributed by atoms with van der Waals surface area (Å²) in [5, 5.41) is 20.0. The summed E-state index contributed by atoms with van der Waals surface area (Å²) in [6.45, 7) is 5.59. The van der Waals surface area contributed by atoms with Gasteiger partial charge in [0, 0.05) is 25.4 Å². The summed E-state index contributed by atoms with van der Waals surface area (Å²) < 4.78 is 0. The molecule has 0 amide bonds. The van der Waals surface area contributed by atoms with Crippen molar-refractivity contribution in [1.82, 2.24) is 4.98 Å². The van der Waals surface area contributed by atoms with Crippen molar-refractivity contribution in [3.05, 3.63) is 27.9 Å². The van der Waals surface area contributed by atoms with Crippen molar-refractivity contribution in [3.63, 3.8) is 0 Å². The largest absolute Gasteiger partial charge is 0.478 e. The van der Waals surface area contributed by atoms with Crippen LogP contribution in [0.15, 0.2) is 12.3 Å². The van der Waals surface area contributed by atoms with E-state index in [0.29, 0.717) is 13.1 Å². The van der Waals surface area contributed by atoms with Crippen LogP contribution in [0, 0.1) is 15.5 Å². The molecule has 1 aliphatic heterocycles. The molecule has 0 aliphatic carbocycles. The van der Waals surface area contributed by atoms with Gasteiger partial charge in [-0.3, -0.25) is 10.1 Å². The predicted octanol–water partition coefficient (Wildman–Crippen LogP) is 2.31. The molecule has 1 aliphatic rings. The van der Waals surface area contributed by atoms with Gasteiger partial charge in [-0.15, -0.1) is 0 Å². The van der Waals surface area contributed by atoms with Crippen LogP contribution < -0.4 is 4.90 Å². The van der Waals surface area contributed by atoms with E-state index in [2.05, 4.69) is 18.8 Å². The SMILES string of the molecule is CC1(C)CCCN(c2ncc(C(=O)O)cc2[N+](=O)[O-])C1. The lowest BCUT2D eigenvalue weighted by Crippen LogP contribution is -2.40. The van der Waals surface area contributed by atoms with E-state index in [0.717, 1.165) is 18.9 Å². The number of nitro groups is 1. The maximum absolute atomic E-state index is 11.1. The molecule has 1 saturated heterocycles. The summed E-state index contributed by atoms with van der Waals surface area (Å²) in [5.74, 6) is -0.959. The van der Waals surface area contributed by atoms with E-state index < -0.39 is 10.9 Å². The fourth-order valence-electron chi connectivity index (χ4n) is 2.54. The zero-order chi connectivity index (χ0) is 14.9. The van der Waals surface area contributed by atoms with E-state index in [9.17, 15) is 14.9 Å². The van der Waals surface area contributed by atoms with Gasteiger partial charge in [0.2, 0.25) is 5.82 Å². The number of rotatable bonds is 3. The highest BCUT2D eigenvalue weighted by molar-refractivity contribution is 5.88. The molecule has 0 spiro atoms. The van der Waals surface area contributed by atoms with E-state index in [-0.39, 0.29) is 22.5 Å². The Bertz CT molecular complexity index is 557. The van der Waals surface area contributed by atoms with Crippen LogP contribution in [0.3, 0.4) is 0 Å². The molecule has 1 N–H and O–H groups in total. The zero-order valence-corrected chi connectivity index (χ0v) is 11.5. The van der Waals surface area contributed by atoms with Crippen LogP contribution in [0.4, 0.5) is 11.5 Å². The second-order valence-corrected chi connectivity index (χ2v) is 5.82. The highest BCUT2D eigenvalue weighted by Crippen LogP contribution is 2.34. The summed E-state index contributed by atoms with van der Waals surface area (Å²) in [6, 6.07) is 1.08. The van der Waals surface area contributed by atoms with Crippen LogP contribution >= 0.6 is 0 Å². The lowest BCUT2D eigenvalue weighted by Gasteiger charge is -2.38. The second-order valence-electron chi connectivity index (χ2n) is 5.82. The average Bonchev–Trinajstić information content (AvgIpc) is 2.36. The van der Waals surface area contributed by atoms with Gasteiger partial charge in [0.25, 0.3) is 0 Å². The number of nitrogens with zero attached hydrogens (tertiary/aromatic N) is 3. The van der Waals surface area contributed by atoms with Gasteiger partial charge in [-0.25, -0.2) is 9.78 Å². The Kier molecular flexibility index (Phi) is 3.61. The number of hydrogen-bond donors (Lipinski definition) is 1. The first kappa shape index (κ1) is 14.2. The summed E-state index contributed by atoms with van der Waals surface area (Å²) >= 11 is 0. The van der Waals surface area contributed by atoms with Gasteiger partial charge in [0.1, 0.15) is 0 Å². The lowest BCUT2D eigenvalue weighted by atomic mass is 9.84. The number of pyridine rings is 1. The Labute approximate surface area is 116 Å². The maximum Gasteiger partial charge on any atom is 0.337 e. The minimum atomic E-state index is -1.22. The predicted molar refractivity (Wildman–Crippen MR) is 73.1 cm³/mol. The van der Waals surface area contributed by atoms with Crippen LogP contribution in [-0.4, -0.2) is 34.1 Å². The summed E-state index contributed by atoms with van der Waals surface area (Å²) in [5.41, 5.74) is -0.349. The van der Waals surface area contributed by atoms with Crippen molar-refractivity contribution in [3.8, 4) is 0 Å². The van der Waals surface area contributed by atoms with Crippen molar-refractivity contribution in [2.45, 2.75) is 26.7 Å². The fraction of sp³-hybridized carbons (Fsp3) is 0.538. The Balaban J connectivity index is 2.40. The molecule has 0 bridgehead atoms. The number of carboxylic acid groups (broad SMARTS) is 1. The molecule has 7 heteroatoms. The van der Waals surface area contributed by atoms with E-state index in [1.807, 2.05) is 4.90 Å². The van der Waals surface area contributed by atoms with Crippen molar-refractivity contribution in [2.24, 2.45) is 5.41 Å². The van der Waals surface area contributed by atoms with Crippen LogP contribution in [-0.2, 0) is 0 Å². The Hall–Kier alpha value is -2.18. The lowest BCUT2D eigenvalue weighted by molar-refractivity contribution is -0.384. The van der Waals surface area contributed by atoms with Gasteiger partial charge < -0.3 is 10.0 Å². The van der Waals surface area contributed by atoms with Crippen molar-refractivity contribution in [2.75, 3.05) is 18.0 Å². The molecule has 7 nitrogen and oxygen atoms in total. The third-order valence-electron chi connectivity index (χ3n) is 3.49. The minimum Gasteiger partial charge on any atom is -0.478 e. The van der Waals surface area contributed by atoms with E-state index in [4.69, 9.17) is 5.11 Å².